The van der Waals surface area contributed by atoms with Crippen molar-refractivity contribution < 1.29 is 19.4 Å². The van der Waals surface area contributed by atoms with E-state index in [2.05, 4.69) is 29.2 Å². The molecule has 1 aromatic heterocycles. The molecule has 1 aromatic carbocycles. The minimum atomic E-state index is -0.333. The lowest BCUT2D eigenvalue weighted by Gasteiger charge is -2.38. The highest BCUT2D eigenvalue weighted by molar-refractivity contribution is 6.07. The van der Waals surface area contributed by atoms with E-state index < -0.39 is 0 Å². The molecule has 1 aliphatic heterocycles. The van der Waals surface area contributed by atoms with Gasteiger partial charge in [-0.2, -0.15) is 0 Å². The van der Waals surface area contributed by atoms with Crippen LogP contribution in [-0.2, 0) is 0 Å². The number of anilines is 1. The Bertz CT molecular complexity index is 1010. The molecule has 2 aromatic rings. The van der Waals surface area contributed by atoms with E-state index in [1.54, 1.807) is 47.6 Å². The zero-order valence-electron chi connectivity index (χ0n) is 20.1. The Labute approximate surface area is 200 Å². The fourth-order valence-corrected chi connectivity index (χ4v) is 4.38. The Kier molecular flexibility index (Phi) is 7.48. The average Bonchev–Trinajstić information content (AvgIpc) is 3.65. The molecule has 2 aliphatic rings. The van der Waals surface area contributed by atoms with Gasteiger partial charge in [0.1, 0.15) is 6.10 Å². The zero-order chi connectivity index (χ0) is 24.2. The summed E-state index contributed by atoms with van der Waals surface area (Å²) in [6.07, 6.45) is 5.48. The number of ether oxygens (including phenoxy) is 1. The van der Waals surface area contributed by atoms with E-state index in [4.69, 9.17) is 4.74 Å². The topological polar surface area (TPSA) is 95.0 Å². The largest absolute Gasteiger partial charge is 0.486 e. The molecule has 1 fully saturated rings. The first-order valence-corrected chi connectivity index (χ1v) is 12.0. The molecule has 1 saturated carbocycles. The van der Waals surface area contributed by atoms with Gasteiger partial charge in [0.15, 0.2) is 5.75 Å². The Morgan fingerprint density at radius 1 is 1.26 bits per heavy atom. The second-order valence-corrected chi connectivity index (χ2v) is 9.66. The highest BCUT2D eigenvalue weighted by atomic mass is 16.5. The molecule has 0 unspecified atom stereocenters. The second-order valence-electron chi connectivity index (χ2n) is 9.66. The van der Waals surface area contributed by atoms with Crippen LogP contribution >= 0.6 is 0 Å². The van der Waals surface area contributed by atoms with Crippen molar-refractivity contribution in [2.45, 2.75) is 38.8 Å². The lowest BCUT2D eigenvalue weighted by atomic mass is 9.99. The maximum Gasteiger partial charge on any atom is 0.258 e. The van der Waals surface area contributed by atoms with Crippen molar-refractivity contribution >= 4 is 17.5 Å². The molecular weight excluding hydrogens is 432 g/mol. The summed E-state index contributed by atoms with van der Waals surface area (Å²) in [5.74, 6) is 0.639. The number of para-hydroxylation sites is 1. The zero-order valence-corrected chi connectivity index (χ0v) is 20.1. The van der Waals surface area contributed by atoms with Crippen molar-refractivity contribution in [1.29, 1.82) is 0 Å². The molecule has 8 heteroatoms. The van der Waals surface area contributed by atoms with E-state index >= 15 is 0 Å². The van der Waals surface area contributed by atoms with Crippen LogP contribution in [-0.4, -0.2) is 77.1 Å². The van der Waals surface area contributed by atoms with Crippen molar-refractivity contribution in [3.05, 3.63) is 53.9 Å². The van der Waals surface area contributed by atoms with Gasteiger partial charge in [-0.05, 0) is 57.0 Å². The summed E-state index contributed by atoms with van der Waals surface area (Å²) in [4.78, 5) is 34.4. The first-order valence-electron chi connectivity index (χ1n) is 12.0. The van der Waals surface area contributed by atoms with Gasteiger partial charge in [-0.15, -0.1) is 0 Å². The number of likely N-dealkylation sites (N-methyl/N-ethyl adjacent to an activating group) is 1. The number of carbonyl (C=O) groups excluding carboxylic acids is 2. The van der Waals surface area contributed by atoms with Gasteiger partial charge in [0.25, 0.3) is 11.8 Å². The Hall–Kier alpha value is -2.97. The molecule has 0 saturated heterocycles. The lowest BCUT2D eigenvalue weighted by Crippen LogP contribution is -2.50. The third kappa shape index (κ3) is 5.56. The Morgan fingerprint density at radius 2 is 2.00 bits per heavy atom. The smallest absolute Gasteiger partial charge is 0.258 e. The minimum Gasteiger partial charge on any atom is -0.486 e. The monoisotopic (exact) mass is 466 g/mol. The number of carbonyl (C=O) groups is 2. The summed E-state index contributed by atoms with van der Waals surface area (Å²) in [6, 6.07) is 8.15. The van der Waals surface area contributed by atoms with Gasteiger partial charge in [-0.3, -0.25) is 14.6 Å². The first kappa shape index (κ1) is 24.2. The third-order valence-corrected chi connectivity index (χ3v) is 6.64. The Morgan fingerprint density at radius 3 is 2.68 bits per heavy atom. The molecule has 0 bridgehead atoms. The van der Waals surface area contributed by atoms with Crippen LogP contribution in [0.3, 0.4) is 0 Å². The van der Waals surface area contributed by atoms with E-state index in [1.807, 2.05) is 6.92 Å². The van der Waals surface area contributed by atoms with Gasteiger partial charge in [0.2, 0.25) is 0 Å². The number of aromatic nitrogens is 1. The summed E-state index contributed by atoms with van der Waals surface area (Å²) >= 11 is 0. The molecule has 1 aliphatic carbocycles. The normalized spacial score (nSPS) is 21.3. The third-order valence-electron chi connectivity index (χ3n) is 6.64. The number of hydrogen-bond donors (Lipinski definition) is 2. The van der Waals surface area contributed by atoms with Crippen molar-refractivity contribution in [2.24, 2.45) is 11.8 Å². The van der Waals surface area contributed by atoms with E-state index in [9.17, 15) is 14.7 Å². The van der Waals surface area contributed by atoms with Crippen LogP contribution in [0.15, 0.2) is 42.7 Å². The van der Waals surface area contributed by atoms with Gasteiger partial charge in [0, 0.05) is 43.5 Å². The molecular formula is C26H34N4O4. The number of rotatable bonds is 8. The van der Waals surface area contributed by atoms with Crippen molar-refractivity contribution in [3.8, 4) is 5.75 Å². The number of aliphatic hydroxyl groups is 1. The van der Waals surface area contributed by atoms with Gasteiger partial charge >= 0.3 is 0 Å². The summed E-state index contributed by atoms with van der Waals surface area (Å²) in [5.41, 5.74) is 1.30. The highest BCUT2D eigenvalue weighted by Crippen LogP contribution is 2.35. The lowest BCUT2D eigenvalue weighted by molar-refractivity contribution is 0.0345. The van der Waals surface area contributed by atoms with E-state index in [0.29, 0.717) is 35.7 Å². The molecule has 3 atom stereocenters. The average molecular weight is 467 g/mol. The molecule has 0 radical (unpaired) electrons. The predicted molar refractivity (Wildman–Crippen MR) is 130 cm³/mol. The van der Waals surface area contributed by atoms with Crippen LogP contribution in [0.4, 0.5) is 5.69 Å². The number of aliphatic hydroxyl groups excluding tert-OH is 1. The van der Waals surface area contributed by atoms with Crippen molar-refractivity contribution in [2.75, 3.05) is 38.6 Å². The Balaban J connectivity index is 1.68. The second kappa shape index (κ2) is 10.5. The maximum absolute atomic E-state index is 13.5. The van der Waals surface area contributed by atoms with Crippen LogP contribution in [0.25, 0.3) is 0 Å². The van der Waals surface area contributed by atoms with Crippen molar-refractivity contribution in [3.63, 3.8) is 0 Å². The summed E-state index contributed by atoms with van der Waals surface area (Å²) in [7, 11) is 2.10. The number of pyridine rings is 1. The fraction of sp³-hybridized carbons (Fsp3) is 0.500. The van der Waals surface area contributed by atoms with Gasteiger partial charge in [-0.1, -0.05) is 13.0 Å². The molecule has 2 amide bonds. The van der Waals surface area contributed by atoms with E-state index in [1.165, 1.54) is 12.8 Å². The summed E-state index contributed by atoms with van der Waals surface area (Å²) < 4.78 is 6.54. The van der Waals surface area contributed by atoms with E-state index in [-0.39, 0.29) is 36.5 Å². The van der Waals surface area contributed by atoms with E-state index in [0.717, 1.165) is 12.5 Å². The first-order chi connectivity index (χ1) is 16.4. The number of fused-ring (bicyclic) bond motifs is 1. The minimum absolute atomic E-state index is 0.0247. The van der Waals surface area contributed by atoms with Gasteiger partial charge < -0.3 is 25.0 Å². The molecule has 4 rings (SSSR count). The van der Waals surface area contributed by atoms with Gasteiger partial charge in [0.05, 0.1) is 23.9 Å². The molecule has 182 valence electrons. The van der Waals surface area contributed by atoms with Crippen LogP contribution in [0.5, 0.6) is 5.75 Å². The molecule has 2 heterocycles. The number of amides is 2. The summed E-state index contributed by atoms with van der Waals surface area (Å²) in [6.45, 7) is 6.00. The standard InChI is InChI=1S/C26H34N4O4/c1-17-13-30(18(2)16-31)26(33)21-5-4-6-22(28-25(32)20-9-11-27-12-10-20)24(21)34-23(17)15-29(3)14-19-7-8-19/h4-6,9-12,17-19,23,31H,7-8,13-16H2,1-3H3,(H,28,32)/t17-,18-,23+/m1/s1. The molecule has 34 heavy (non-hydrogen) atoms. The van der Waals surface area contributed by atoms with Crippen LogP contribution < -0.4 is 10.1 Å². The van der Waals surface area contributed by atoms with Crippen LogP contribution in [0.1, 0.15) is 47.4 Å². The van der Waals surface area contributed by atoms with Crippen molar-refractivity contribution in [1.82, 2.24) is 14.8 Å². The molecule has 8 nitrogen and oxygen atoms in total. The highest BCUT2D eigenvalue weighted by Gasteiger charge is 2.35. The van der Waals surface area contributed by atoms with Crippen LogP contribution in [0, 0.1) is 11.8 Å². The molecule has 2 N–H and O–H groups in total. The summed E-state index contributed by atoms with van der Waals surface area (Å²) in [5, 5.41) is 12.7. The maximum atomic E-state index is 13.5. The number of hydrogen-bond acceptors (Lipinski definition) is 6. The molecule has 0 spiro atoms. The number of nitrogens with one attached hydrogen (secondary N) is 1. The SMILES string of the molecule is C[C@@H]1CN([C@H](C)CO)C(=O)c2cccc(NC(=O)c3ccncc3)c2O[C@H]1CN(C)CC1CC1. The quantitative estimate of drug-likeness (QED) is 0.621. The van der Waals surface area contributed by atoms with Gasteiger partial charge in [-0.25, -0.2) is 0 Å². The number of nitrogens with zero attached hydrogens (tertiary/aromatic N) is 3. The van der Waals surface area contributed by atoms with Crippen LogP contribution in [0.2, 0.25) is 0 Å². The predicted octanol–water partition coefficient (Wildman–Crippen LogP) is 2.90. The fourth-order valence-electron chi connectivity index (χ4n) is 4.38. The number of benzene rings is 1.